The Balaban J connectivity index is 3.75. The first-order valence-electron chi connectivity index (χ1n) is 15.9. The Morgan fingerprint density at radius 3 is 1.03 bits per heavy atom. The molecule has 0 aromatic heterocycles. The molecule has 0 saturated heterocycles. The van der Waals surface area contributed by atoms with E-state index in [1.165, 1.54) is 167 Å². The van der Waals surface area contributed by atoms with Gasteiger partial charge < -0.3 is 4.74 Å². The van der Waals surface area contributed by atoms with Gasteiger partial charge in [-0.3, -0.25) is 0 Å². The van der Waals surface area contributed by atoms with E-state index < -0.39 is 0 Å². The Labute approximate surface area is 211 Å². The summed E-state index contributed by atoms with van der Waals surface area (Å²) in [7, 11) is 0. The lowest BCUT2D eigenvalue weighted by atomic mass is 9.94. The van der Waals surface area contributed by atoms with Gasteiger partial charge in [0.05, 0.1) is 0 Å². The number of hydrogen-bond acceptors (Lipinski definition) is 1. The van der Waals surface area contributed by atoms with E-state index in [-0.39, 0.29) is 0 Å². The van der Waals surface area contributed by atoms with Crippen molar-refractivity contribution in [2.75, 3.05) is 13.2 Å². The molecule has 0 aromatic rings. The van der Waals surface area contributed by atoms with Crippen molar-refractivity contribution >= 4 is 0 Å². The van der Waals surface area contributed by atoms with Crippen LogP contribution in [0, 0.1) is 5.92 Å². The topological polar surface area (TPSA) is 9.23 Å². The van der Waals surface area contributed by atoms with Gasteiger partial charge in [0.15, 0.2) is 0 Å². The highest BCUT2D eigenvalue weighted by molar-refractivity contribution is 4.61. The number of unbranched alkanes of at least 4 members (excludes halogenated alkanes) is 21. The van der Waals surface area contributed by atoms with Gasteiger partial charge in [-0.2, -0.15) is 0 Å². The molecular weight excluding hydrogens is 400 g/mol. The highest BCUT2D eigenvalue weighted by Gasteiger charge is 2.09. The maximum Gasteiger partial charge on any atom is 0.0494 e. The van der Waals surface area contributed by atoms with Crippen LogP contribution >= 0.6 is 0 Å². The van der Waals surface area contributed by atoms with Crippen molar-refractivity contribution in [2.45, 2.75) is 188 Å². The molecule has 33 heavy (non-hydrogen) atoms. The first-order valence-corrected chi connectivity index (χ1v) is 15.9. The van der Waals surface area contributed by atoms with Crippen molar-refractivity contribution < 1.29 is 4.74 Å². The molecule has 0 rings (SSSR count). The first kappa shape index (κ1) is 33.0. The van der Waals surface area contributed by atoms with E-state index in [1.54, 1.807) is 0 Å². The van der Waals surface area contributed by atoms with Gasteiger partial charge >= 0.3 is 0 Å². The Morgan fingerprint density at radius 2 is 0.667 bits per heavy atom. The minimum atomic E-state index is 0.819. The van der Waals surface area contributed by atoms with E-state index >= 15 is 0 Å². The van der Waals surface area contributed by atoms with Crippen LogP contribution in [-0.4, -0.2) is 13.2 Å². The van der Waals surface area contributed by atoms with Crippen molar-refractivity contribution in [3.8, 4) is 0 Å². The van der Waals surface area contributed by atoms with Crippen molar-refractivity contribution in [1.82, 2.24) is 0 Å². The van der Waals surface area contributed by atoms with Gasteiger partial charge in [-0.15, -0.1) is 0 Å². The third kappa shape index (κ3) is 28.1. The van der Waals surface area contributed by atoms with E-state index in [0.29, 0.717) is 0 Å². The molecule has 0 radical (unpaired) electrons. The van der Waals surface area contributed by atoms with Gasteiger partial charge in [0, 0.05) is 13.2 Å². The smallest absolute Gasteiger partial charge is 0.0494 e. The first-order chi connectivity index (χ1) is 16.3. The van der Waals surface area contributed by atoms with Crippen LogP contribution in [-0.2, 0) is 4.74 Å². The second kappa shape index (κ2) is 30.0. The van der Waals surface area contributed by atoms with E-state index in [1.807, 2.05) is 0 Å². The zero-order valence-electron chi connectivity index (χ0n) is 23.8. The van der Waals surface area contributed by atoms with Crippen molar-refractivity contribution in [1.29, 1.82) is 0 Å². The van der Waals surface area contributed by atoms with Gasteiger partial charge in [-0.1, -0.05) is 168 Å². The largest absolute Gasteiger partial charge is 0.381 e. The van der Waals surface area contributed by atoms with Crippen LogP contribution in [0.15, 0.2) is 0 Å². The van der Waals surface area contributed by atoms with Crippen LogP contribution in [0.25, 0.3) is 0 Å². The zero-order chi connectivity index (χ0) is 24.1. The molecule has 0 spiro atoms. The SMILES string of the molecule is CCCCCCCCCCCCOCC(CCCCCCCC)CCCCCCCCCC. The lowest BCUT2D eigenvalue weighted by Gasteiger charge is -2.17. The maximum absolute atomic E-state index is 6.19. The fourth-order valence-corrected chi connectivity index (χ4v) is 5.03. The molecule has 0 aliphatic carbocycles. The molecule has 200 valence electrons. The second-order valence-corrected chi connectivity index (χ2v) is 10.9. The quantitative estimate of drug-likeness (QED) is 0.0995. The van der Waals surface area contributed by atoms with Crippen LogP contribution < -0.4 is 0 Å². The summed E-state index contributed by atoms with van der Waals surface area (Å²) < 4.78 is 6.19. The second-order valence-electron chi connectivity index (χ2n) is 10.9. The summed E-state index contributed by atoms with van der Waals surface area (Å²) in [5, 5.41) is 0. The summed E-state index contributed by atoms with van der Waals surface area (Å²) >= 11 is 0. The molecule has 0 bridgehead atoms. The third-order valence-electron chi connectivity index (χ3n) is 7.43. The minimum Gasteiger partial charge on any atom is -0.381 e. The highest BCUT2D eigenvalue weighted by Crippen LogP contribution is 2.20. The molecule has 0 aliphatic heterocycles. The molecule has 1 atom stereocenters. The molecular formula is C32H66O. The zero-order valence-corrected chi connectivity index (χ0v) is 23.8. The Hall–Kier alpha value is -0.0400. The predicted molar refractivity (Wildman–Crippen MR) is 151 cm³/mol. The van der Waals surface area contributed by atoms with Crippen LogP contribution in [0.4, 0.5) is 0 Å². The monoisotopic (exact) mass is 467 g/mol. The van der Waals surface area contributed by atoms with E-state index in [0.717, 1.165) is 19.1 Å². The predicted octanol–water partition coefficient (Wildman–Crippen LogP) is 11.8. The normalized spacial score (nSPS) is 12.5. The molecule has 0 N–H and O–H groups in total. The summed E-state index contributed by atoms with van der Waals surface area (Å²) in [5.41, 5.74) is 0. The lowest BCUT2D eigenvalue weighted by Crippen LogP contribution is -2.11. The van der Waals surface area contributed by atoms with Crippen LogP contribution in [0.3, 0.4) is 0 Å². The van der Waals surface area contributed by atoms with E-state index in [4.69, 9.17) is 4.74 Å². The molecule has 0 aromatic carbocycles. The van der Waals surface area contributed by atoms with Gasteiger partial charge in [-0.25, -0.2) is 0 Å². The van der Waals surface area contributed by atoms with Crippen LogP contribution in [0.2, 0.25) is 0 Å². The Bertz CT molecular complexity index is 326. The molecule has 1 nitrogen and oxygen atoms in total. The van der Waals surface area contributed by atoms with Gasteiger partial charge in [0.2, 0.25) is 0 Å². The molecule has 0 amide bonds. The lowest BCUT2D eigenvalue weighted by molar-refractivity contribution is 0.0878. The summed E-state index contributed by atoms with van der Waals surface area (Å²) in [6.07, 6.45) is 36.9. The molecule has 0 fully saturated rings. The fraction of sp³-hybridized carbons (Fsp3) is 1.00. The van der Waals surface area contributed by atoms with Crippen molar-refractivity contribution in [3.05, 3.63) is 0 Å². The molecule has 0 aliphatic rings. The molecule has 1 unspecified atom stereocenters. The molecule has 1 heteroatoms. The molecule has 0 heterocycles. The van der Waals surface area contributed by atoms with E-state index in [9.17, 15) is 0 Å². The van der Waals surface area contributed by atoms with Gasteiger partial charge in [0.25, 0.3) is 0 Å². The van der Waals surface area contributed by atoms with Crippen LogP contribution in [0.1, 0.15) is 188 Å². The standard InChI is InChI=1S/C32H66O/c1-4-7-10-13-16-18-19-21-24-27-30-33-31-32(28-25-22-15-12-9-6-3)29-26-23-20-17-14-11-8-5-2/h32H,4-31H2,1-3H3. The third-order valence-corrected chi connectivity index (χ3v) is 7.43. The van der Waals surface area contributed by atoms with Gasteiger partial charge in [0.1, 0.15) is 0 Å². The number of rotatable bonds is 29. The fourth-order valence-electron chi connectivity index (χ4n) is 5.03. The van der Waals surface area contributed by atoms with E-state index in [2.05, 4.69) is 20.8 Å². The Morgan fingerprint density at radius 1 is 0.364 bits per heavy atom. The molecule has 0 saturated carbocycles. The Kier molecular flexibility index (Phi) is 30.0. The maximum atomic E-state index is 6.19. The summed E-state index contributed by atoms with van der Waals surface area (Å²) in [5.74, 6) is 0.819. The van der Waals surface area contributed by atoms with Crippen molar-refractivity contribution in [3.63, 3.8) is 0 Å². The number of hydrogen-bond donors (Lipinski definition) is 0. The average molecular weight is 467 g/mol. The highest BCUT2D eigenvalue weighted by atomic mass is 16.5. The number of ether oxygens (including phenoxy) is 1. The average Bonchev–Trinajstić information content (AvgIpc) is 2.83. The summed E-state index contributed by atoms with van der Waals surface area (Å²) in [6, 6.07) is 0. The summed E-state index contributed by atoms with van der Waals surface area (Å²) in [6.45, 7) is 8.95. The van der Waals surface area contributed by atoms with Crippen LogP contribution in [0.5, 0.6) is 0 Å². The summed E-state index contributed by atoms with van der Waals surface area (Å²) in [4.78, 5) is 0. The van der Waals surface area contributed by atoms with Crippen molar-refractivity contribution in [2.24, 2.45) is 5.92 Å². The minimum absolute atomic E-state index is 0.819. The van der Waals surface area contributed by atoms with Gasteiger partial charge in [-0.05, 0) is 25.2 Å².